The van der Waals surface area contributed by atoms with Crippen molar-refractivity contribution >= 4 is 0 Å². The third kappa shape index (κ3) is 2.97. The maximum Gasteiger partial charge on any atom is 0.151 e. The van der Waals surface area contributed by atoms with Crippen molar-refractivity contribution in [1.82, 2.24) is 20.1 Å². The second-order valence-electron chi connectivity index (χ2n) is 5.23. The molecule has 1 atom stereocenters. The van der Waals surface area contributed by atoms with Gasteiger partial charge in [0, 0.05) is 18.9 Å². The molecule has 21 heavy (non-hydrogen) atoms. The second-order valence-corrected chi connectivity index (χ2v) is 5.23. The Bertz CT molecular complexity index is 633. The van der Waals surface area contributed by atoms with Crippen LogP contribution in [-0.2, 0) is 12.8 Å². The number of aromatic nitrogens is 3. The van der Waals surface area contributed by atoms with Crippen LogP contribution in [-0.4, -0.2) is 21.8 Å². The second kappa shape index (κ2) is 6.35. The van der Waals surface area contributed by atoms with Gasteiger partial charge in [0.25, 0.3) is 0 Å². The third-order valence-electron chi connectivity index (χ3n) is 3.79. The van der Waals surface area contributed by atoms with Crippen molar-refractivity contribution < 1.29 is 4.39 Å². The van der Waals surface area contributed by atoms with Gasteiger partial charge in [-0.25, -0.2) is 14.1 Å². The summed E-state index contributed by atoms with van der Waals surface area (Å²) in [7, 11) is 1.87. The Morgan fingerprint density at radius 1 is 1.29 bits per heavy atom. The minimum atomic E-state index is -0.190. The lowest BCUT2D eigenvalue weighted by atomic mass is 10.0. The van der Waals surface area contributed by atoms with Gasteiger partial charge < -0.3 is 5.32 Å². The van der Waals surface area contributed by atoms with Crippen molar-refractivity contribution in [2.45, 2.75) is 46.6 Å². The molecule has 4 nitrogen and oxygen atoms in total. The van der Waals surface area contributed by atoms with E-state index in [2.05, 4.69) is 22.3 Å². The van der Waals surface area contributed by atoms with Crippen molar-refractivity contribution in [1.29, 1.82) is 0 Å². The summed E-state index contributed by atoms with van der Waals surface area (Å²) in [5.74, 6) is 1.53. The Hall–Kier alpha value is -1.75. The Balaban J connectivity index is 2.67. The number of hydrogen-bond donors (Lipinski definition) is 1. The van der Waals surface area contributed by atoms with E-state index in [9.17, 15) is 4.39 Å². The summed E-state index contributed by atoms with van der Waals surface area (Å²) >= 11 is 0. The molecule has 2 rings (SSSR count). The first-order chi connectivity index (χ1) is 10.0. The maximum absolute atomic E-state index is 14.0. The molecule has 1 heterocycles. The molecule has 0 saturated heterocycles. The fourth-order valence-corrected chi connectivity index (χ4v) is 2.33. The molecule has 0 saturated carbocycles. The molecule has 1 N–H and O–H groups in total. The Morgan fingerprint density at radius 3 is 2.57 bits per heavy atom. The van der Waals surface area contributed by atoms with Gasteiger partial charge in [-0.1, -0.05) is 13.8 Å². The number of halogens is 1. The fourth-order valence-electron chi connectivity index (χ4n) is 2.33. The number of rotatable bonds is 5. The first kappa shape index (κ1) is 15.6. The number of benzene rings is 1. The molecule has 1 aromatic heterocycles. The molecule has 1 aromatic carbocycles. The summed E-state index contributed by atoms with van der Waals surface area (Å²) < 4.78 is 15.8. The highest BCUT2D eigenvalue weighted by Gasteiger charge is 2.17. The predicted octanol–water partition coefficient (Wildman–Crippen LogP) is 3.12. The van der Waals surface area contributed by atoms with Crippen LogP contribution in [0.1, 0.15) is 49.6 Å². The molecular formula is C16H23FN4. The highest BCUT2D eigenvalue weighted by Crippen LogP contribution is 2.25. The molecule has 0 bridgehead atoms. The summed E-state index contributed by atoms with van der Waals surface area (Å²) in [6.07, 6.45) is 1.58. The van der Waals surface area contributed by atoms with E-state index in [1.54, 1.807) is 13.0 Å². The summed E-state index contributed by atoms with van der Waals surface area (Å²) in [4.78, 5) is 4.54. The van der Waals surface area contributed by atoms with Gasteiger partial charge in [-0.2, -0.15) is 5.10 Å². The Labute approximate surface area is 125 Å². The number of nitrogens with one attached hydrogen (secondary N) is 1. The van der Waals surface area contributed by atoms with E-state index in [-0.39, 0.29) is 11.9 Å². The lowest BCUT2D eigenvalue weighted by molar-refractivity contribution is 0.595. The van der Waals surface area contributed by atoms with Crippen molar-refractivity contribution in [2.75, 3.05) is 7.05 Å². The van der Waals surface area contributed by atoms with Crippen molar-refractivity contribution in [3.63, 3.8) is 0 Å². The van der Waals surface area contributed by atoms with E-state index in [0.29, 0.717) is 5.56 Å². The van der Waals surface area contributed by atoms with Crippen LogP contribution in [0.5, 0.6) is 0 Å². The van der Waals surface area contributed by atoms with Crippen LogP contribution in [0.15, 0.2) is 12.1 Å². The van der Waals surface area contributed by atoms with Gasteiger partial charge in [0.2, 0.25) is 0 Å². The van der Waals surface area contributed by atoms with Crippen LogP contribution in [0.4, 0.5) is 4.39 Å². The first-order valence-electron chi connectivity index (χ1n) is 7.44. The van der Waals surface area contributed by atoms with Crippen LogP contribution in [0.2, 0.25) is 0 Å². The zero-order valence-electron chi connectivity index (χ0n) is 13.4. The zero-order chi connectivity index (χ0) is 15.6. The molecule has 114 valence electrons. The normalized spacial score (nSPS) is 12.7. The number of hydrogen-bond acceptors (Lipinski definition) is 3. The van der Waals surface area contributed by atoms with Gasteiger partial charge in [-0.15, -0.1) is 0 Å². The Kier molecular flexibility index (Phi) is 4.73. The average molecular weight is 290 g/mol. The molecule has 5 heteroatoms. The van der Waals surface area contributed by atoms with Crippen LogP contribution < -0.4 is 5.32 Å². The molecule has 0 spiro atoms. The highest BCUT2D eigenvalue weighted by atomic mass is 19.1. The van der Waals surface area contributed by atoms with Crippen molar-refractivity contribution in [3.8, 4) is 5.69 Å². The third-order valence-corrected chi connectivity index (χ3v) is 3.79. The number of aryl methyl sites for hydroxylation is 3. The summed E-state index contributed by atoms with van der Waals surface area (Å²) in [6.45, 7) is 7.87. The van der Waals surface area contributed by atoms with E-state index in [1.807, 2.05) is 31.6 Å². The van der Waals surface area contributed by atoms with Crippen molar-refractivity contribution in [2.24, 2.45) is 0 Å². The maximum atomic E-state index is 14.0. The van der Waals surface area contributed by atoms with E-state index in [0.717, 1.165) is 35.7 Å². The van der Waals surface area contributed by atoms with Gasteiger partial charge in [-0.05, 0) is 44.2 Å². The highest BCUT2D eigenvalue weighted by molar-refractivity contribution is 5.46. The molecular weight excluding hydrogens is 267 g/mol. The summed E-state index contributed by atoms with van der Waals surface area (Å²) in [5.41, 5.74) is 2.41. The molecule has 0 aliphatic heterocycles. The first-order valence-corrected chi connectivity index (χ1v) is 7.44. The molecule has 2 aromatic rings. The van der Waals surface area contributed by atoms with E-state index in [1.165, 1.54) is 0 Å². The zero-order valence-corrected chi connectivity index (χ0v) is 13.4. The van der Waals surface area contributed by atoms with E-state index < -0.39 is 0 Å². The van der Waals surface area contributed by atoms with Crippen LogP contribution in [0, 0.1) is 12.7 Å². The molecule has 0 amide bonds. The van der Waals surface area contributed by atoms with E-state index >= 15 is 0 Å². The molecule has 0 aliphatic rings. The largest absolute Gasteiger partial charge is 0.313 e. The van der Waals surface area contributed by atoms with Crippen LogP contribution in [0.25, 0.3) is 5.69 Å². The van der Waals surface area contributed by atoms with Crippen LogP contribution in [0.3, 0.4) is 0 Å². The molecule has 0 fully saturated rings. The minimum absolute atomic E-state index is 0.0362. The van der Waals surface area contributed by atoms with Gasteiger partial charge in [0.1, 0.15) is 11.6 Å². The minimum Gasteiger partial charge on any atom is -0.313 e. The fraction of sp³-hybridized carbons (Fsp3) is 0.500. The standard InChI is InChI=1S/C16H23FN4/c1-6-15-19-16(7-2)21(20-15)14-8-10(3)13(17)9-12(14)11(4)18-5/h8-9,11,18H,6-7H2,1-5H3. The molecule has 0 radical (unpaired) electrons. The molecule has 1 unspecified atom stereocenters. The van der Waals surface area contributed by atoms with Gasteiger partial charge >= 0.3 is 0 Å². The van der Waals surface area contributed by atoms with Gasteiger partial charge in [-0.3, -0.25) is 0 Å². The topological polar surface area (TPSA) is 42.7 Å². The lowest BCUT2D eigenvalue weighted by Gasteiger charge is -2.18. The average Bonchev–Trinajstić information content (AvgIpc) is 2.92. The van der Waals surface area contributed by atoms with E-state index in [4.69, 9.17) is 0 Å². The van der Waals surface area contributed by atoms with Gasteiger partial charge in [0.15, 0.2) is 5.82 Å². The monoisotopic (exact) mass is 290 g/mol. The van der Waals surface area contributed by atoms with Crippen molar-refractivity contribution in [3.05, 3.63) is 40.7 Å². The van der Waals surface area contributed by atoms with Gasteiger partial charge in [0.05, 0.1) is 5.69 Å². The smallest absolute Gasteiger partial charge is 0.151 e. The lowest BCUT2D eigenvalue weighted by Crippen LogP contribution is -2.17. The summed E-state index contributed by atoms with van der Waals surface area (Å²) in [5, 5.41) is 7.74. The quantitative estimate of drug-likeness (QED) is 0.920. The van der Waals surface area contributed by atoms with Crippen LogP contribution >= 0.6 is 0 Å². The number of nitrogens with zero attached hydrogens (tertiary/aromatic N) is 3. The Morgan fingerprint density at radius 2 is 2.00 bits per heavy atom. The predicted molar refractivity (Wildman–Crippen MR) is 82.3 cm³/mol. The summed E-state index contributed by atoms with van der Waals surface area (Å²) in [6, 6.07) is 3.48. The molecule has 0 aliphatic carbocycles. The SMILES string of the molecule is CCc1nc(CC)n(-c2cc(C)c(F)cc2C(C)NC)n1.